The van der Waals surface area contributed by atoms with Gasteiger partial charge in [0.15, 0.2) is 0 Å². The third kappa shape index (κ3) is 2.92. The number of aliphatic hydroxyl groups is 1. The smallest absolute Gasteiger partial charge is 0.131 e. The molecule has 0 amide bonds. The molecule has 106 valence electrons. The lowest BCUT2D eigenvalue weighted by atomic mass is 9.91. The van der Waals surface area contributed by atoms with Crippen LogP contribution in [0.15, 0.2) is 42.5 Å². The summed E-state index contributed by atoms with van der Waals surface area (Å²) in [6.07, 6.45) is 0. The fourth-order valence-corrected chi connectivity index (χ4v) is 2.28. The van der Waals surface area contributed by atoms with Crippen LogP contribution in [0.4, 0.5) is 14.5 Å². The topological polar surface area (TPSA) is 32.3 Å². The fraction of sp³-hybridized carbons (Fsp3) is 0.200. The molecule has 1 atom stereocenters. The molecular weight excluding hydrogens is 284 g/mol. The van der Waals surface area contributed by atoms with E-state index in [1.807, 2.05) is 0 Å². The van der Waals surface area contributed by atoms with Gasteiger partial charge in [0.25, 0.3) is 0 Å². The molecule has 2 aromatic carbocycles. The zero-order valence-electron chi connectivity index (χ0n) is 10.8. The second-order valence-electron chi connectivity index (χ2n) is 4.72. The van der Waals surface area contributed by atoms with E-state index in [-0.39, 0.29) is 5.56 Å². The van der Waals surface area contributed by atoms with Crippen LogP contribution < -0.4 is 5.32 Å². The van der Waals surface area contributed by atoms with Gasteiger partial charge in [-0.15, -0.1) is 0 Å². The fourth-order valence-electron chi connectivity index (χ4n) is 2.09. The number of rotatable bonds is 4. The monoisotopic (exact) mass is 297 g/mol. The molecule has 2 rings (SSSR count). The molecule has 0 heterocycles. The minimum Gasteiger partial charge on any atom is -0.394 e. The van der Waals surface area contributed by atoms with Crippen LogP contribution in [0.5, 0.6) is 0 Å². The quantitative estimate of drug-likeness (QED) is 0.896. The van der Waals surface area contributed by atoms with Crippen LogP contribution in [0.1, 0.15) is 12.5 Å². The molecule has 0 aromatic heterocycles. The molecule has 1 unspecified atom stereocenters. The standard InChI is InChI=1S/C15H14ClF2NO/c1-15(9-20,14-12(17)6-3-7-13(14)18)19-11-5-2-4-10(16)8-11/h2-8,19-20H,9H2,1H3. The molecule has 20 heavy (non-hydrogen) atoms. The van der Waals surface area contributed by atoms with Crippen LogP contribution in [-0.4, -0.2) is 11.7 Å². The zero-order valence-corrected chi connectivity index (χ0v) is 11.6. The van der Waals surface area contributed by atoms with Crippen molar-refractivity contribution in [2.45, 2.75) is 12.5 Å². The van der Waals surface area contributed by atoms with Crippen LogP contribution in [-0.2, 0) is 5.54 Å². The Hall–Kier alpha value is -1.65. The summed E-state index contributed by atoms with van der Waals surface area (Å²) in [4.78, 5) is 0. The summed E-state index contributed by atoms with van der Waals surface area (Å²) in [5.41, 5.74) is -0.931. The summed E-state index contributed by atoms with van der Waals surface area (Å²) < 4.78 is 27.8. The van der Waals surface area contributed by atoms with E-state index in [4.69, 9.17) is 11.6 Å². The summed E-state index contributed by atoms with van der Waals surface area (Å²) in [5.74, 6) is -1.42. The summed E-state index contributed by atoms with van der Waals surface area (Å²) >= 11 is 5.87. The van der Waals surface area contributed by atoms with Crippen molar-refractivity contribution in [2.75, 3.05) is 11.9 Å². The predicted molar refractivity (Wildman–Crippen MR) is 75.9 cm³/mol. The zero-order chi connectivity index (χ0) is 14.8. The van der Waals surface area contributed by atoms with E-state index in [1.54, 1.807) is 24.3 Å². The highest BCUT2D eigenvalue weighted by Crippen LogP contribution is 2.30. The second-order valence-corrected chi connectivity index (χ2v) is 5.16. The molecule has 2 aromatic rings. The van der Waals surface area contributed by atoms with Crippen molar-refractivity contribution >= 4 is 17.3 Å². The van der Waals surface area contributed by atoms with Crippen LogP contribution in [0.3, 0.4) is 0 Å². The van der Waals surface area contributed by atoms with E-state index in [2.05, 4.69) is 5.32 Å². The van der Waals surface area contributed by atoms with Crippen molar-refractivity contribution in [3.05, 3.63) is 64.7 Å². The normalized spacial score (nSPS) is 13.8. The molecule has 5 heteroatoms. The van der Waals surface area contributed by atoms with Gasteiger partial charge < -0.3 is 10.4 Å². The second kappa shape index (κ2) is 5.77. The molecule has 0 saturated carbocycles. The van der Waals surface area contributed by atoms with Gasteiger partial charge in [-0.25, -0.2) is 8.78 Å². The van der Waals surface area contributed by atoms with E-state index in [0.717, 1.165) is 12.1 Å². The van der Waals surface area contributed by atoms with Crippen LogP contribution >= 0.6 is 11.6 Å². The number of hydrogen-bond donors (Lipinski definition) is 2. The Balaban J connectivity index is 2.44. The maximum atomic E-state index is 13.9. The Kier molecular flexibility index (Phi) is 4.26. The highest BCUT2D eigenvalue weighted by molar-refractivity contribution is 6.30. The van der Waals surface area contributed by atoms with Crippen molar-refractivity contribution < 1.29 is 13.9 Å². The average molecular weight is 298 g/mol. The van der Waals surface area contributed by atoms with Crippen molar-refractivity contribution in [2.24, 2.45) is 0 Å². The lowest BCUT2D eigenvalue weighted by Gasteiger charge is -2.31. The number of benzene rings is 2. The van der Waals surface area contributed by atoms with E-state index in [9.17, 15) is 13.9 Å². The van der Waals surface area contributed by atoms with E-state index < -0.39 is 23.8 Å². The molecule has 0 bridgehead atoms. The van der Waals surface area contributed by atoms with E-state index in [1.165, 1.54) is 13.0 Å². The first-order valence-corrected chi connectivity index (χ1v) is 6.43. The molecular formula is C15H14ClF2NO. The maximum absolute atomic E-state index is 13.9. The van der Waals surface area contributed by atoms with Gasteiger partial charge >= 0.3 is 0 Å². The number of hydrogen-bond acceptors (Lipinski definition) is 2. The van der Waals surface area contributed by atoms with Crippen molar-refractivity contribution in [3.63, 3.8) is 0 Å². The number of nitrogens with one attached hydrogen (secondary N) is 1. The van der Waals surface area contributed by atoms with Gasteiger partial charge in [0, 0.05) is 10.7 Å². The van der Waals surface area contributed by atoms with Crippen molar-refractivity contribution in [1.82, 2.24) is 0 Å². The summed E-state index contributed by atoms with van der Waals surface area (Å²) in [7, 11) is 0. The molecule has 2 nitrogen and oxygen atoms in total. The first kappa shape index (κ1) is 14.8. The lowest BCUT2D eigenvalue weighted by molar-refractivity contribution is 0.216. The van der Waals surface area contributed by atoms with Crippen LogP contribution in [0.2, 0.25) is 5.02 Å². The van der Waals surface area contributed by atoms with Gasteiger partial charge in [-0.3, -0.25) is 0 Å². The molecule has 0 aliphatic heterocycles. The van der Waals surface area contributed by atoms with Gasteiger partial charge in [0.1, 0.15) is 11.6 Å². The van der Waals surface area contributed by atoms with Gasteiger partial charge in [-0.1, -0.05) is 23.7 Å². The Morgan fingerprint density at radius 3 is 2.30 bits per heavy atom. The Morgan fingerprint density at radius 2 is 1.75 bits per heavy atom. The Morgan fingerprint density at radius 1 is 1.15 bits per heavy atom. The largest absolute Gasteiger partial charge is 0.394 e. The summed E-state index contributed by atoms with van der Waals surface area (Å²) in [6, 6.07) is 10.3. The summed E-state index contributed by atoms with van der Waals surface area (Å²) in [6.45, 7) is 1.05. The SMILES string of the molecule is CC(CO)(Nc1cccc(Cl)c1)c1c(F)cccc1F. The molecule has 0 radical (unpaired) electrons. The molecule has 0 saturated heterocycles. The van der Waals surface area contributed by atoms with Crippen molar-refractivity contribution in [1.29, 1.82) is 0 Å². The van der Waals surface area contributed by atoms with Crippen molar-refractivity contribution in [3.8, 4) is 0 Å². The summed E-state index contributed by atoms with van der Waals surface area (Å²) in [5, 5.41) is 13.0. The number of anilines is 1. The third-order valence-electron chi connectivity index (χ3n) is 3.08. The molecule has 0 fully saturated rings. The maximum Gasteiger partial charge on any atom is 0.131 e. The van der Waals surface area contributed by atoms with Gasteiger partial charge in [0.2, 0.25) is 0 Å². The Labute approximate surface area is 121 Å². The van der Waals surface area contributed by atoms with Crippen LogP contribution in [0.25, 0.3) is 0 Å². The minimum absolute atomic E-state index is 0.206. The Bertz CT molecular complexity index is 600. The van der Waals surface area contributed by atoms with E-state index >= 15 is 0 Å². The first-order chi connectivity index (χ1) is 9.46. The molecule has 0 spiro atoms. The average Bonchev–Trinajstić information content (AvgIpc) is 2.38. The van der Waals surface area contributed by atoms with Gasteiger partial charge in [-0.05, 0) is 37.3 Å². The van der Waals surface area contributed by atoms with E-state index in [0.29, 0.717) is 10.7 Å². The van der Waals surface area contributed by atoms with Gasteiger partial charge in [-0.2, -0.15) is 0 Å². The third-order valence-corrected chi connectivity index (χ3v) is 3.31. The van der Waals surface area contributed by atoms with Crippen LogP contribution in [0, 0.1) is 11.6 Å². The minimum atomic E-state index is -1.29. The van der Waals surface area contributed by atoms with Gasteiger partial charge in [0.05, 0.1) is 17.7 Å². The predicted octanol–water partition coefficient (Wildman–Crippen LogP) is 3.94. The highest BCUT2D eigenvalue weighted by Gasteiger charge is 2.32. The highest BCUT2D eigenvalue weighted by atomic mass is 35.5. The molecule has 0 aliphatic rings. The molecule has 0 aliphatic carbocycles. The number of halogens is 3. The number of aliphatic hydroxyl groups excluding tert-OH is 1. The lowest BCUT2D eigenvalue weighted by Crippen LogP contribution is -2.37. The first-order valence-electron chi connectivity index (χ1n) is 6.05. The molecule has 2 N–H and O–H groups in total.